The van der Waals surface area contributed by atoms with Crippen LogP contribution in [0.1, 0.15) is 43.2 Å². The van der Waals surface area contributed by atoms with Gasteiger partial charge in [-0.3, -0.25) is 4.90 Å². The lowest BCUT2D eigenvalue weighted by Crippen LogP contribution is -2.54. The number of aryl methyl sites for hydroxylation is 2. The van der Waals surface area contributed by atoms with Crippen LogP contribution in [0.3, 0.4) is 0 Å². The Balaban J connectivity index is 1.68. The molecular weight excluding hydrogens is 280 g/mol. The minimum atomic E-state index is -0.00755. The van der Waals surface area contributed by atoms with Gasteiger partial charge >= 0.3 is 0 Å². The van der Waals surface area contributed by atoms with Crippen LogP contribution in [-0.2, 0) is 16.0 Å². The lowest BCUT2D eigenvalue weighted by Gasteiger charge is -2.44. The van der Waals surface area contributed by atoms with Crippen LogP contribution < -0.4 is 0 Å². The molecule has 124 valence electrons. The van der Waals surface area contributed by atoms with E-state index in [1.54, 1.807) is 0 Å². The van der Waals surface area contributed by atoms with Crippen LogP contribution in [0, 0.1) is 19.8 Å². The molecule has 1 aromatic heterocycles. The number of rotatable bonds is 5. The quantitative estimate of drug-likeness (QED) is 0.837. The summed E-state index contributed by atoms with van der Waals surface area (Å²) >= 11 is 0. The van der Waals surface area contributed by atoms with Gasteiger partial charge in [0.2, 0.25) is 0 Å². The van der Waals surface area contributed by atoms with E-state index in [1.165, 1.54) is 18.4 Å². The fourth-order valence-corrected chi connectivity index (χ4v) is 3.98. The summed E-state index contributed by atoms with van der Waals surface area (Å²) in [4.78, 5) is 2.50. The summed E-state index contributed by atoms with van der Waals surface area (Å²) in [7, 11) is 0. The van der Waals surface area contributed by atoms with E-state index in [9.17, 15) is 0 Å². The van der Waals surface area contributed by atoms with E-state index in [4.69, 9.17) is 14.0 Å². The molecule has 2 heterocycles. The lowest BCUT2D eigenvalue weighted by atomic mass is 9.89. The predicted molar refractivity (Wildman–Crippen MR) is 83.8 cm³/mol. The van der Waals surface area contributed by atoms with Crippen LogP contribution in [-0.4, -0.2) is 48.6 Å². The van der Waals surface area contributed by atoms with Crippen LogP contribution in [0.5, 0.6) is 0 Å². The molecule has 0 N–H and O–H groups in total. The van der Waals surface area contributed by atoms with Crippen molar-refractivity contribution < 1.29 is 14.0 Å². The summed E-state index contributed by atoms with van der Waals surface area (Å²) in [6.07, 6.45) is 3.62. The van der Waals surface area contributed by atoms with Gasteiger partial charge in [0.05, 0.1) is 24.5 Å². The molecule has 1 saturated heterocycles. The topological polar surface area (TPSA) is 47.7 Å². The van der Waals surface area contributed by atoms with E-state index in [2.05, 4.69) is 17.0 Å². The molecule has 0 radical (unpaired) electrons. The number of hydrogen-bond acceptors (Lipinski definition) is 5. The van der Waals surface area contributed by atoms with Crippen molar-refractivity contribution in [3.63, 3.8) is 0 Å². The summed E-state index contributed by atoms with van der Waals surface area (Å²) < 4.78 is 17.3. The Bertz CT molecular complexity index is 483. The van der Waals surface area contributed by atoms with Crippen molar-refractivity contribution in [3.8, 4) is 0 Å². The average Bonchev–Trinajstić information content (AvgIpc) is 3.03. The normalized spacial score (nSPS) is 29.5. The first kappa shape index (κ1) is 16.0. The van der Waals surface area contributed by atoms with E-state index in [1.807, 2.05) is 13.8 Å². The largest absolute Gasteiger partial charge is 0.381 e. The van der Waals surface area contributed by atoms with Gasteiger partial charge < -0.3 is 14.0 Å². The second-order valence-corrected chi connectivity index (χ2v) is 6.68. The zero-order chi connectivity index (χ0) is 15.6. The van der Waals surface area contributed by atoms with E-state index in [0.29, 0.717) is 5.92 Å². The highest BCUT2D eigenvalue weighted by atomic mass is 16.5. The number of aromatic nitrogens is 1. The summed E-state index contributed by atoms with van der Waals surface area (Å²) in [6.45, 7) is 11.4. The molecule has 3 rings (SSSR count). The molecule has 2 fully saturated rings. The molecule has 1 spiro atoms. The van der Waals surface area contributed by atoms with E-state index >= 15 is 0 Å². The molecule has 1 aliphatic heterocycles. The molecule has 2 aliphatic rings. The number of ether oxygens (including phenoxy) is 2. The van der Waals surface area contributed by atoms with Gasteiger partial charge in [-0.05, 0) is 33.6 Å². The van der Waals surface area contributed by atoms with E-state index in [-0.39, 0.29) is 5.60 Å². The summed E-state index contributed by atoms with van der Waals surface area (Å²) in [5.74, 6) is 1.47. The molecule has 0 bridgehead atoms. The summed E-state index contributed by atoms with van der Waals surface area (Å²) in [6, 6.07) is 0. The second-order valence-electron chi connectivity index (χ2n) is 6.68. The second kappa shape index (κ2) is 6.69. The van der Waals surface area contributed by atoms with Gasteiger partial charge in [-0.25, -0.2) is 0 Å². The van der Waals surface area contributed by atoms with Gasteiger partial charge in [0, 0.05) is 37.7 Å². The third-order valence-corrected chi connectivity index (χ3v) is 5.27. The SMILES string of the molecule is CCOC[C@@H]1CCC[C@]12CN(Cc1c(C)noc1C)CCO2. The Morgan fingerprint density at radius 3 is 3.00 bits per heavy atom. The molecule has 0 unspecified atom stereocenters. The zero-order valence-electron chi connectivity index (χ0n) is 14.1. The zero-order valence-corrected chi connectivity index (χ0v) is 14.1. The molecule has 1 saturated carbocycles. The Morgan fingerprint density at radius 2 is 2.27 bits per heavy atom. The third kappa shape index (κ3) is 3.07. The monoisotopic (exact) mass is 308 g/mol. The number of morpholine rings is 1. The van der Waals surface area contributed by atoms with Gasteiger partial charge in [0.15, 0.2) is 0 Å². The van der Waals surface area contributed by atoms with Crippen molar-refractivity contribution >= 4 is 0 Å². The molecule has 22 heavy (non-hydrogen) atoms. The van der Waals surface area contributed by atoms with Crippen LogP contribution in [0.4, 0.5) is 0 Å². The number of hydrogen-bond donors (Lipinski definition) is 0. The van der Waals surface area contributed by atoms with Crippen LogP contribution >= 0.6 is 0 Å². The lowest BCUT2D eigenvalue weighted by molar-refractivity contribution is -0.142. The van der Waals surface area contributed by atoms with Gasteiger partial charge in [-0.2, -0.15) is 0 Å². The summed E-state index contributed by atoms with van der Waals surface area (Å²) in [5.41, 5.74) is 2.23. The van der Waals surface area contributed by atoms with Crippen molar-refractivity contribution in [1.82, 2.24) is 10.1 Å². The molecular formula is C17H28N2O3. The van der Waals surface area contributed by atoms with Crippen molar-refractivity contribution in [2.45, 2.75) is 52.2 Å². The van der Waals surface area contributed by atoms with Crippen molar-refractivity contribution in [2.75, 3.05) is 32.9 Å². The maximum Gasteiger partial charge on any atom is 0.138 e. The molecule has 2 atom stereocenters. The van der Waals surface area contributed by atoms with Crippen molar-refractivity contribution in [3.05, 3.63) is 17.0 Å². The smallest absolute Gasteiger partial charge is 0.138 e. The Morgan fingerprint density at radius 1 is 1.41 bits per heavy atom. The Kier molecular flexibility index (Phi) is 4.85. The molecule has 5 heteroatoms. The Labute approximate surface area is 132 Å². The molecule has 5 nitrogen and oxygen atoms in total. The fraction of sp³-hybridized carbons (Fsp3) is 0.824. The van der Waals surface area contributed by atoms with Crippen molar-refractivity contribution in [2.24, 2.45) is 5.92 Å². The van der Waals surface area contributed by atoms with Gasteiger partial charge in [-0.1, -0.05) is 11.6 Å². The van der Waals surface area contributed by atoms with Crippen LogP contribution in [0.2, 0.25) is 0 Å². The fourth-order valence-electron chi connectivity index (χ4n) is 3.98. The molecule has 1 aliphatic carbocycles. The standard InChI is InChI=1S/C17H28N2O3/c1-4-20-11-15-6-5-7-17(15)12-19(8-9-21-17)10-16-13(2)18-22-14(16)3/h15H,4-12H2,1-3H3/t15-,17-/m0/s1. The first-order valence-electron chi connectivity index (χ1n) is 8.50. The van der Waals surface area contributed by atoms with Crippen LogP contribution in [0.15, 0.2) is 4.52 Å². The van der Waals surface area contributed by atoms with Gasteiger partial charge in [0.1, 0.15) is 5.76 Å². The third-order valence-electron chi connectivity index (χ3n) is 5.27. The maximum atomic E-state index is 6.29. The highest BCUT2D eigenvalue weighted by molar-refractivity contribution is 5.20. The Hall–Kier alpha value is -0.910. The summed E-state index contributed by atoms with van der Waals surface area (Å²) in [5, 5.41) is 4.07. The van der Waals surface area contributed by atoms with Gasteiger partial charge in [-0.15, -0.1) is 0 Å². The number of nitrogens with zero attached hydrogens (tertiary/aromatic N) is 2. The predicted octanol–water partition coefficient (Wildman–Crippen LogP) is 2.70. The molecule has 1 aromatic rings. The molecule has 0 aromatic carbocycles. The average molecular weight is 308 g/mol. The highest BCUT2D eigenvalue weighted by Crippen LogP contribution is 2.41. The van der Waals surface area contributed by atoms with Crippen molar-refractivity contribution in [1.29, 1.82) is 0 Å². The highest BCUT2D eigenvalue weighted by Gasteiger charge is 2.47. The first-order chi connectivity index (χ1) is 10.6. The van der Waals surface area contributed by atoms with Gasteiger partial charge in [0.25, 0.3) is 0 Å². The maximum absolute atomic E-state index is 6.29. The van der Waals surface area contributed by atoms with E-state index < -0.39 is 0 Å². The van der Waals surface area contributed by atoms with E-state index in [0.717, 1.165) is 57.3 Å². The molecule has 0 amide bonds. The first-order valence-corrected chi connectivity index (χ1v) is 8.50. The van der Waals surface area contributed by atoms with Crippen LogP contribution in [0.25, 0.3) is 0 Å². The minimum Gasteiger partial charge on any atom is -0.381 e. The minimum absolute atomic E-state index is 0.00755.